The Bertz CT molecular complexity index is 1280. The first-order chi connectivity index (χ1) is 17.5. The van der Waals surface area contributed by atoms with Gasteiger partial charge in [0.1, 0.15) is 0 Å². The summed E-state index contributed by atoms with van der Waals surface area (Å²) in [6.45, 7) is 10.7. The molecule has 0 unspecified atom stereocenters. The Morgan fingerprint density at radius 2 is 1.81 bits per heavy atom. The van der Waals surface area contributed by atoms with Crippen molar-refractivity contribution < 1.29 is 9.59 Å². The Balaban J connectivity index is 1.74. The van der Waals surface area contributed by atoms with Gasteiger partial charge >= 0.3 is 0 Å². The van der Waals surface area contributed by atoms with Crippen molar-refractivity contribution in [3.63, 3.8) is 0 Å². The quantitative estimate of drug-likeness (QED) is 0.230. The van der Waals surface area contributed by atoms with E-state index in [4.69, 9.17) is 23.2 Å². The van der Waals surface area contributed by atoms with E-state index in [1.54, 1.807) is 12.1 Å². The summed E-state index contributed by atoms with van der Waals surface area (Å²) in [5, 5.41) is 16.1. The highest BCUT2D eigenvalue weighted by Crippen LogP contribution is 2.29. The van der Waals surface area contributed by atoms with E-state index in [9.17, 15) is 9.59 Å². The fourth-order valence-electron chi connectivity index (χ4n) is 3.80. The topological polar surface area (TPSA) is 88.9 Å². The number of halogens is 3. The third-order valence-electron chi connectivity index (χ3n) is 5.71. The lowest BCUT2D eigenvalue weighted by Crippen LogP contribution is -2.34. The summed E-state index contributed by atoms with van der Waals surface area (Å²) in [5.74, 6) is 0.622. The largest absolute Gasteiger partial charge is 0.342 e. The van der Waals surface area contributed by atoms with Gasteiger partial charge in [-0.3, -0.25) is 9.59 Å². The van der Waals surface area contributed by atoms with Gasteiger partial charge in [-0.05, 0) is 60.7 Å². The molecule has 0 bridgehead atoms. The summed E-state index contributed by atoms with van der Waals surface area (Å²) in [6.07, 6.45) is 0. The van der Waals surface area contributed by atoms with Gasteiger partial charge < -0.3 is 15.2 Å². The number of thioether (sulfide) groups is 1. The number of amides is 2. The van der Waals surface area contributed by atoms with Gasteiger partial charge in [0.05, 0.1) is 22.4 Å². The van der Waals surface area contributed by atoms with Crippen LogP contribution in [0.4, 0.5) is 5.69 Å². The summed E-state index contributed by atoms with van der Waals surface area (Å²) < 4.78 is 2.89. The molecule has 11 heteroatoms. The number of anilines is 1. The standard InChI is InChI=1S/C26H30BrCl2N5O2S/c1-6-34-24(23(15(4)5)31-25(36)18-9-8-17(28)12-20(18)29)32-33-26(34)37-13-22(35)30-21-10-7-16(27)11-19(21)14(2)3/h7-12,14-15,23H,6,13H2,1-5H3,(H,30,35)(H,31,36)/t23-/m0/s1. The molecule has 2 amide bonds. The third kappa shape index (κ3) is 7.50. The van der Waals surface area contributed by atoms with Crippen LogP contribution in [-0.2, 0) is 11.3 Å². The Morgan fingerprint density at radius 3 is 2.43 bits per heavy atom. The monoisotopic (exact) mass is 625 g/mol. The second-order valence-electron chi connectivity index (χ2n) is 9.13. The highest BCUT2D eigenvalue weighted by molar-refractivity contribution is 9.10. The maximum Gasteiger partial charge on any atom is 0.253 e. The van der Waals surface area contributed by atoms with E-state index >= 15 is 0 Å². The molecular weight excluding hydrogens is 597 g/mol. The van der Waals surface area contributed by atoms with Crippen molar-refractivity contribution in [2.24, 2.45) is 5.92 Å². The molecule has 0 radical (unpaired) electrons. The van der Waals surface area contributed by atoms with Crippen LogP contribution in [-0.4, -0.2) is 32.3 Å². The number of hydrogen-bond donors (Lipinski definition) is 2. The van der Waals surface area contributed by atoms with Gasteiger partial charge in [-0.15, -0.1) is 10.2 Å². The smallest absolute Gasteiger partial charge is 0.253 e. The van der Waals surface area contributed by atoms with Crippen molar-refractivity contribution in [2.75, 3.05) is 11.1 Å². The molecule has 1 aromatic heterocycles. The van der Waals surface area contributed by atoms with Gasteiger partial charge in [-0.2, -0.15) is 0 Å². The van der Waals surface area contributed by atoms with Crippen molar-refractivity contribution in [3.8, 4) is 0 Å². The van der Waals surface area contributed by atoms with Crippen molar-refractivity contribution in [2.45, 2.75) is 58.3 Å². The minimum Gasteiger partial charge on any atom is -0.342 e. The summed E-state index contributed by atoms with van der Waals surface area (Å²) in [7, 11) is 0. The average molecular weight is 627 g/mol. The van der Waals surface area contributed by atoms with Gasteiger partial charge in [0.25, 0.3) is 5.91 Å². The highest BCUT2D eigenvalue weighted by Gasteiger charge is 2.27. The zero-order chi connectivity index (χ0) is 27.3. The number of carbonyl (C=O) groups excluding carboxylic acids is 2. The number of nitrogens with zero attached hydrogens (tertiary/aromatic N) is 3. The van der Waals surface area contributed by atoms with E-state index in [0.29, 0.717) is 28.1 Å². The lowest BCUT2D eigenvalue weighted by molar-refractivity contribution is -0.113. The molecular formula is C26H30BrCl2N5O2S. The molecule has 0 aliphatic heterocycles. The van der Waals surface area contributed by atoms with Gasteiger partial charge in [0.2, 0.25) is 5.91 Å². The maximum absolute atomic E-state index is 13.0. The second-order valence-corrected chi connectivity index (χ2v) is 11.8. The molecule has 2 N–H and O–H groups in total. The number of benzene rings is 2. The minimum absolute atomic E-state index is 0.0255. The summed E-state index contributed by atoms with van der Waals surface area (Å²) in [6, 6.07) is 10.2. The molecule has 0 spiro atoms. The van der Waals surface area contributed by atoms with Crippen LogP contribution in [0.3, 0.4) is 0 Å². The first kappa shape index (κ1) is 29.5. The number of carbonyl (C=O) groups is 2. The van der Waals surface area contributed by atoms with Crippen LogP contribution in [0.5, 0.6) is 0 Å². The van der Waals surface area contributed by atoms with E-state index < -0.39 is 6.04 Å². The molecule has 0 fully saturated rings. The molecule has 0 saturated carbocycles. The predicted octanol–water partition coefficient (Wildman–Crippen LogP) is 7.35. The third-order valence-corrected chi connectivity index (χ3v) is 7.72. The van der Waals surface area contributed by atoms with Crippen LogP contribution < -0.4 is 10.6 Å². The fraction of sp³-hybridized carbons (Fsp3) is 0.385. The summed E-state index contributed by atoms with van der Waals surface area (Å²) in [4.78, 5) is 25.8. The van der Waals surface area contributed by atoms with Crippen LogP contribution in [0, 0.1) is 5.92 Å². The molecule has 0 saturated heterocycles. The first-order valence-electron chi connectivity index (χ1n) is 11.9. The number of nitrogens with one attached hydrogen (secondary N) is 2. The van der Waals surface area contributed by atoms with Crippen molar-refractivity contribution in [1.29, 1.82) is 0 Å². The predicted molar refractivity (Wildman–Crippen MR) is 155 cm³/mol. The molecule has 2 aromatic carbocycles. The van der Waals surface area contributed by atoms with E-state index in [0.717, 1.165) is 15.7 Å². The molecule has 1 atom stereocenters. The lowest BCUT2D eigenvalue weighted by Gasteiger charge is -2.23. The summed E-state index contributed by atoms with van der Waals surface area (Å²) >= 11 is 17.0. The van der Waals surface area contributed by atoms with Crippen molar-refractivity contribution >= 4 is 68.4 Å². The van der Waals surface area contributed by atoms with Crippen LogP contribution in [0.1, 0.15) is 68.3 Å². The zero-order valence-electron chi connectivity index (χ0n) is 21.3. The van der Waals surface area contributed by atoms with E-state index in [1.807, 2.05) is 43.5 Å². The molecule has 3 aromatic rings. The van der Waals surface area contributed by atoms with Crippen molar-refractivity contribution in [1.82, 2.24) is 20.1 Å². The zero-order valence-corrected chi connectivity index (χ0v) is 25.2. The average Bonchev–Trinajstić information content (AvgIpc) is 3.24. The van der Waals surface area contributed by atoms with Crippen LogP contribution in [0.2, 0.25) is 10.0 Å². The Hall–Kier alpha value is -2.07. The van der Waals surface area contributed by atoms with E-state index in [1.165, 1.54) is 17.8 Å². The number of hydrogen-bond acceptors (Lipinski definition) is 5. The highest BCUT2D eigenvalue weighted by atomic mass is 79.9. The Kier molecular flexibility index (Phi) is 10.5. The molecule has 198 valence electrons. The maximum atomic E-state index is 13.0. The molecule has 7 nitrogen and oxygen atoms in total. The second kappa shape index (κ2) is 13.1. The van der Waals surface area contributed by atoms with Crippen LogP contribution in [0.25, 0.3) is 0 Å². The molecule has 37 heavy (non-hydrogen) atoms. The fourth-order valence-corrected chi connectivity index (χ4v) is 5.48. The number of rotatable bonds is 10. The first-order valence-corrected chi connectivity index (χ1v) is 14.5. The van der Waals surface area contributed by atoms with Gasteiger partial charge in [0.15, 0.2) is 11.0 Å². The van der Waals surface area contributed by atoms with Crippen LogP contribution >= 0.6 is 50.9 Å². The summed E-state index contributed by atoms with van der Waals surface area (Å²) in [5.41, 5.74) is 2.19. The van der Waals surface area contributed by atoms with Crippen LogP contribution in [0.15, 0.2) is 46.0 Å². The van der Waals surface area contributed by atoms with E-state index in [2.05, 4.69) is 50.6 Å². The SMILES string of the molecule is CCn1c(SCC(=O)Nc2ccc(Br)cc2C(C)C)nnc1[C@@H](NC(=O)c1ccc(Cl)cc1Cl)C(C)C. The Morgan fingerprint density at radius 1 is 1.08 bits per heavy atom. The molecule has 0 aliphatic rings. The normalized spacial score (nSPS) is 12.2. The van der Waals surface area contributed by atoms with Gasteiger partial charge in [-0.1, -0.05) is 78.6 Å². The Labute approximate surface area is 240 Å². The lowest BCUT2D eigenvalue weighted by atomic mass is 10.0. The van der Waals surface area contributed by atoms with E-state index in [-0.39, 0.29) is 34.4 Å². The van der Waals surface area contributed by atoms with Crippen molar-refractivity contribution in [3.05, 3.63) is 67.9 Å². The minimum atomic E-state index is -0.411. The van der Waals surface area contributed by atoms with Gasteiger partial charge in [0, 0.05) is 21.7 Å². The number of aromatic nitrogens is 3. The molecule has 1 heterocycles. The molecule has 0 aliphatic carbocycles. The van der Waals surface area contributed by atoms with Gasteiger partial charge in [-0.25, -0.2) is 0 Å². The molecule has 3 rings (SSSR count).